The third kappa shape index (κ3) is 3.00. The SMILES string of the molecule is Cc1cc(C(=O)NCC(C)(O)C(F)(F)F)nn1C. The second-order valence-electron chi connectivity index (χ2n) is 4.25. The van der Waals surface area contributed by atoms with E-state index in [4.69, 9.17) is 5.11 Å². The van der Waals surface area contributed by atoms with Crippen molar-refractivity contribution in [2.75, 3.05) is 6.54 Å². The number of halogens is 3. The number of hydrogen-bond donors (Lipinski definition) is 2. The summed E-state index contributed by atoms with van der Waals surface area (Å²) in [4.78, 5) is 11.5. The molecule has 1 unspecified atom stereocenters. The fourth-order valence-corrected chi connectivity index (χ4v) is 1.11. The largest absolute Gasteiger partial charge is 0.418 e. The topological polar surface area (TPSA) is 67.2 Å². The Balaban J connectivity index is 2.67. The monoisotopic (exact) mass is 265 g/mol. The number of amides is 1. The van der Waals surface area contributed by atoms with Gasteiger partial charge in [-0.25, -0.2) is 0 Å². The van der Waals surface area contributed by atoms with Crippen LogP contribution in [0.5, 0.6) is 0 Å². The van der Waals surface area contributed by atoms with Crippen molar-refractivity contribution < 1.29 is 23.1 Å². The lowest BCUT2D eigenvalue weighted by Gasteiger charge is -2.26. The van der Waals surface area contributed by atoms with Crippen LogP contribution >= 0.6 is 0 Å². The lowest BCUT2D eigenvalue weighted by atomic mass is 10.1. The van der Waals surface area contributed by atoms with Gasteiger partial charge >= 0.3 is 6.18 Å². The van der Waals surface area contributed by atoms with Gasteiger partial charge in [0, 0.05) is 12.7 Å². The number of carbonyl (C=O) groups excluding carboxylic acids is 1. The van der Waals surface area contributed by atoms with Crippen molar-refractivity contribution in [3.8, 4) is 0 Å². The van der Waals surface area contributed by atoms with Crippen LogP contribution in [-0.2, 0) is 7.05 Å². The lowest BCUT2D eigenvalue weighted by molar-refractivity contribution is -0.249. The minimum absolute atomic E-state index is 0.00738. The zero-order valence-corrected chi connectivity index (χ0v) is 10.2. The molecule has 1 heterocycles. The molecule has 0 aliphatic carbocycles. The van der Waals surface area contributed by atoms with Gasteiger partial charge in [-0.2, -0.15) is 18.3 Å². The van der Waals surface area contributed by atoms with E-state index >= 15 is 0 Å². The first-order valence-electron chi connectivity index (χ1n) is 5.12. The Labute approximate surface area is 102 Å². The quantitative estimate of drug-likeness (QED) is 0.848. The number of carbonyl (C=O) groups is 1. The summed E-state index contributed by atoms with van der Waals surface area (Å²) in [7, 11) is 1.61. The van der Waals surface area contributed by atoms with Gasteiger partial charge in [-0.1, -0.05) is 0 Å². The molecule has 1 aromatic heterocycles. The minimum atomic E-state index is -4.81. The van der Waals surface area contributed by atoms with E-state index in [9.17, 15) is 18.0 Å². The van der Waals surface area contributed by atoms with E-state index in [0.717, 1.165) is 0 Å². The van der Waals surface area contributed by atoms with E-state index in [2.05, 4.69) is 5.10 Å². The molecule has 0 spiro atoms. The van der Waals surface area contributed by atoms with Crippen molar-refractivity contribution in [3.63, 3.8) is 0 Å². The summed E-state index contributed by atoms with van der Waals surface area (Å²) >= 11 is 0. The Morgan fingerprint density at radius 3 is 2.50 bits per heavy atom. The van der Waals surface area contributed by atoms with E-state index in [-0.39, 0.29) is 5.69 Å². The third-order valence-electron chi connectivity index (χ3n) is 2.55. The highest BCUT2D eigenvalue weighted by molar-refractivity contribution is 5.92. The summed E-state index contributed by atoms with van der Waals surface area (Å²) in [5.74, 6) is -0.761. The van der Waals surface area contributed by atoms with Crippen LogP contribution in [0.2, 0.25) is 0 Å². The smallest absolute Gasteiger partial charge is 0.379 e. The van der Waals surface area contributed by atoms with E-state index in [1.54, 1.807) is 14.0 Å². The standard InChI is InChI=1S/C10H14F3N3O2/c1-6-4-7(15-16(6)3)8(17)14-5-9(2,18)10(11,12)13/h4,18H,5H2,1-3H3,(H,14,17). The number of nitrogens with one attached hydrogen (secondary N) is 1. The predicted octanol–water partition coefficient (Wildman–Crippen LogP) is 0.772. The molecule has 1 amide bonds. The molecular formula is C10H14F3N3O2. The molecule has 0 saturated carbocycles. The maximum absolute atomic E-state index is 12.3. The molecule has 0 radical (unpaired) electrons. The van der Waals surface area contributed by atoms with Gasteiger partial charge in [0.25, 0.3) is 5.91 Å². The second-order valence-corrected chi connectivity index (χ2v) is 4.25. The molecule has 0 aliphatic heterocycles. The average Bonchev–Trinajstić information content (AvgIpc) is 2.54. The molecule has 18 heavy (non-hydrogen) atoms. The Morgan fingerprint density at radius 1 is 1.56 bits per heavy atom. The van der Waals surface area contributed by atoms with Crippen molar-refractivity contribution >= 4 is 5.91 Å². The van der Waals surface area contributed by atoms with Crippen LogP contribution in [0.25, 0.3) is 0 Å². The maximum Gasteiger partial charge on any atom is 0.418 e. The zero-order valence-electron chi connectivity index (χ0n) is 10.2. The summed E-state index contributed by atoms with van der Waals surface area (Å²) in [5, 5.41) is 15.0. The molecule has 5 nitrogen and oxygen atoms in total. The molecule has 0 aliphatic rings. The van der Waals surface area contributed by atoms with Gasteiger partial charge < -0.3 is 10.4 Å². The first-order valence-corrected chi connectivity index (χ1v) is 5.12. The maximum atomic E-state index is 12.3. The van der Waals surface area contributed by atoms with Crippen LogP contribution < -0.4 is 5.32 Å². The van der Waals surface area contributed by atoms with Crippen LogP contribution in [-0.4, -0.2) is 39.1 Å². The van der Waals surface area contributed by atoms with Crippen LogP contribution in [0.1, 0.15) is 23.1 Å². The van der Waals surface area contributed by atoms with Gasteiger partial charge in [0.15, 0.2) is 5.60 Å². The third-order valence-corrected chi connectivity index (χ3v) is 2.55. The number of aromatic nitrogens is 2. The van der Waals surface area contributed by atoms with Crippen LogP contribution in [0.15, 0.2) is 6.07 Å². The molecule has 1 rings (SSSR count). The van der Waals surface area contributed by atoms with Crippen LogP contribution in [0.3, 0.4) is 0 Å². The van der Waals surface area contributed by atoms with Gasteiger partial charge in [-0.15, -0.1) is 0 Å². The van der Waals surface area contributed by atoms with Gasteiger partial charge in [0.1, 0.15) is 5.69 Å². The highest BCUT2D eigenvalue weighted by Crippen LogP contribution is 2.29. The number of nitrogens with zero attached hydrogens (tertiary/aromatic N) is 2. The fraction of sp³-hybridized carbons (Fsp3) is 0.600. The minimum Gasteiger partial charge on any atom is -0.379 e. The fourth-order valence-electron chi connectivity index (χ4n) is 1.11. The Bertz CT molecular complexity index is 432. The van der Waals surface area contributed by atoms with E-state index in [1.807, 2.05) is 5.32 Å². The van der Waals surface area contributed by atoms with Crippen molar-refractivity contribution in [1.82, 2.24) is 15.1 Å². The van der Waals surface area contributed by atoms with Gasteiger partial charge in [0.2, 0.25) is 0 Å². The van der Waals surface area contributed by atoms with Crippen molar-refractivity contribution in [1.29, 1.82) is 0 Å². The normalized spacial score (nSPS) is 15.3. The molecular weight excluding hydrogens is 251 g/mol. The van der Waals surface area contributed by atoms with E-state index in [0.29, 0.717) is 12.6 Å². The average molecular weight is 265 g/mol. The lowest BCUT2D eigenvalue weighted by Crippen LogP contribution is -2.51. The zero-order chi connectivity index (χ0) is 14.1. The molecule has 0 saturated heterocycles. The summed E-state index contributed by atoms with van der Waals surface area (Å²) in [5.41, 5.74) is -2.26. The summed E-state index contributed by atoms with van der Waals surface area (Å²) in [6, 6.07) is 1.44. The number of alkyl halides is 3. The summed E-state index contributed by atoms with van der Waals surface area (Å²) in [6.07, 6.45) is -4.81. The molecule has 2 N–H and O–H groups in total. The van der Waals surface area contributed by atoms with Crippen molar-refractivity contribution in [2.45, 2.75) is 25.6 Å². The number of hydrogen-bond acceptors (Lipinski definition) is 3. The summed E-state index contributed by atoms with van der Waals surface area (Å²) < 4.78 is 38.4. The highest BCUT2D eigenvalue weighted by atomic mass is 19.4. The molecule has 0 fully saturated rings. The highest BCUT2D eigenvalue weighted by Gasteiger charge is 2.49. The first-order chi connectivity index (χ1) is 8.04. The molecule has 1 atom stereocenters. The van der Waals surface area contributed by atoms with E-state index in [1.165, 1.54) is 10.7 Å². The first kappa shape index (κ1) is 14.5. The Hall–Kier alpha value is -1.57. The molecule has 0 aromatic carbocycles. The number of aryl methyl sites for hydroxylation is 2. The Morgan fingerprint density at radius 2 is 2.11 bits per heavy atom. The van der Waals surface area contributed by atoms with Crippen LogP contribution in [0.4, 0.5) is 13.2 Å². The molecule has 8 heteroatoms. The van der Waals surface area contributed by atoms with E-state index < -0.39 is 24.2 Å². The van der Waals surface area contributed by atoms with Gasteiger partial charge in [0.05, 0.1) is 6.54 Å². The second kappa shape index (κ2) is 4.60. The number of aliphatic hydroxyl groups is 1. The van der Waals surface area contributed by atoms with Gasteiger partial charge in [-0.3, -0.25) is 9.48 Å². The summed E-state index contributed by atoms with van der Waals surface area (Å²) in [6.45, 7) is 1.37. The predicted molar refractivity (Wildman–Crippen MR) is 57.0 cm³/mol. The molecule has 1 aromatic rings. The number of rotatable bonds is 3. The Kier molecular flexibility index (Phi) is 3.70. The molecule has 0 bridgehead atoms. The van der Waals surface area contributed by atoms with Gasteiger partial charge in [-0.05, 0) is 19.9 Å². The van der Waals surface area contributed by atoms with Crippen LogP contribution in [0, 0.1) is 6.92 Å². The van der Waals surface area contributed by atoms with Crippen molar-refractivity contribution in [3.05, 3.63) is 17.5 Å². The van der Waals surface area contributed by atoms with Crippen molar-refractivity contribution in [2.24, 2.45) is 7.05 Å². The molecule has 102 valence electrons.